The predicted octanol–water partition coefficient (Wildman–Crippen LogP) is 1.80. The minimum absolute atomic E-state index is 0.575. The van der Waals surface area contributed by atoms with Gasteiger partial charge >= 0.3 is 0 Å². The van der Waals surface area contributed by atoms with Crippen molar-refractivity contribution in [3.8, 4) is 11.5 Å². The number of ether oxygens (including phenoxy) is 5. The van der Waals surface area contributed by atoms with Gasteiger partial charge in [0.25, 0.3) is 0 Å². The lowest BCUT2D eigenvalue weighted by atomic mass is 10.2. The van der Waals surface area contributed by atoms with Crippen molar-refractivity contribution in [1.29, 1.82) is 0 Å². The van der Waals surface area contributed by atoms with E-state index >= 15 is 0 Å². The average Bonchev–Trinajstić information content (AvgIpc) is 2.53. The van der Waals surface area contributed by atoms with Gasteiger partial charge in [0, 0.05) is 19.7 Å². The van der Waals surface area contributed by atoms with Crippen molar-refractivity contribution in [3.63, 3.8) is 0 Å². The fraction of sp³-hybridized carbons (Fsp3) is 0.600. The van der Waals surface area contributed by atoms with E-state index in [1.54, 1.807) is 21.3 Å². The number of hydrogen-bond acceptors (Lipinski definition) is 6. The van der Waals surface area contributed by atoms with Gasteiger partial charge in [-0.25, -0.2) is 0 Å². The van der Waals surface area contributed by atoms with Crippen molar-refractivity contribution in [1.82, 2.24) is 0 Å². The van der Waals surface area contributed by atoms with Crippen LogP contribution in [0.25, 0.3) is 0 Å². The van der Waals surface area contributed by atoms with Crippen LogP contribution in [-0.4, -0.2) is 60.9 Å². The molecule has 1 N–H and O–H groups in total. The van der Waals surface area contributed by atoms with E-state index in [0.717, 1.165) is 17.2 Å². The fourth-order valence-electron chi connectivity index (χ4n) is 1.67. The second kappa shape index (κ2) is 11.2. The van der Waals surface area contributed by atoms with E-state index in [1.165, 1.54) is 0 Å². The zero-order chi connectivity index (χ0) is 15.3. The number of methoxy groups -OCH3 is 3. The van der Waals surface area contributed by atoms with Gasteiger partial charge in [0.1, 0.15) is 11.5 Å². The minimum atomic E-state index is 0.575. The number of nitrogens with one attached hydrogen (secondary N) is 1. The molecule has 0 bridgehead atoms. The first-order valence-corrected chi connectivity index (χ1v) is 6.92. The predicted molar refractivity (Wildman–Crippen MR) is 81.5 cm³/mol. The van der Waals surface area contributed by atoms with E-state index < -0.39 is 0 Å². The van der Waals surface area contributed by atoms with Crippen LogP contribution < -0.4 is 14.8 Å². The van der Waals surface area contributed by atoms with E-state index in [1.807, 2.05) is 18.2 Å². The molecular weight excluding hydrogens is 274 g/mol. The molecule has 0 aliphatic carbocycles. The van der Waals surface area contributed by atoms with Crippen molar-refractivity contribution in [2.75, 3.05) is 66.2 Å². The molecule has 0 amide bonds. The molecule has 1 aromatic rings. The smallest absolute Gasteiger partial charge is 0.145 e. The monoisotopic (exact) mass is 299 g/mol. The van der Waals surface area contributed by atoms with Gasteiger partial charge < -0.3 is 29.0 Å². The second-order valence-corrected chi connectivity index (χ2v) is 4.21. The maximum atomic E-state index is 5.46. The Kier molecular flexibility index (Phi) is 9.35. The molecule has 0 atom stereocenters. The fourth-order valence-corrected chi connectivity index (χ4v) is 1.67. The molecule has 0 aromatic heterocycles. The highest BCUT2D eigenvalue weighted by Gasteiger charge is 2.03. The molecule has 0 aliphatic rings. The first-order chi connectivity index (χ1) is 10.3. The Morgan fingerprint density at radius 1 is 0.857 bits per heavy atom. The van der Waals surface area contributed by atoms with Crippen LogP contribution in [0.15, 0.2) is 18.2 Å². The first kappa shape index (κ1) is 17.6. The molecule has 0 saturated heterocycles. The van der Waals surface area contributed by atoms with Crippen LogP contribution in [0.2, 0.25) is 0 Å². The highest BCUT2D eigenvalue weighted by molar-refractivity contribution is 5.59. The van der Waals surface area contributed by atoms with Crippen LogP contribution in [0.4, 0.5) is 5.69 Å². The number of rotatable bonds is 12. The van der Waals surface area contributed by atoms with E-state index in [9.17, 15) is 0 Å². The Morgan fingerprint density at radius 2 is 1.57 bits per heavy atom. The summed E-state index contributed by atoms with van der Waals surface area (Å²) in [6.07, 6.45) is 0. The second-order valence-electron chi connectivity index (χ2n) is 4.21. The molecule has 21 heavy (non-hydrogen) atoms. The molecule has 120 valence electrons. The van der Waals surface area contributed by atoms with Gasteiger partial charge in [0.2, 0.25) is 0 Å². The summed E-state index contributed by atoms with van der Waals surface area (Å²) >= 11 is 0. The summed E-state index contributed by atoms with van der Waals surface area (Å²) in [5.41, 5.74) is 0.915. The zero-order valence-corrected chi connectivity index (χ0v) is 13.0. The number of hydrogen-bond donors (Lipinski definition) is 1. The molecule has 1 rings (SSSR count). The third-order valence-corrected chi connectivity index (χ3v) is 2.77. The van der Waals surface area contributed by atoms with Crippen LogP contribution in [0.5, 0.6) is 11.5 Å². The van der Waals surface area contributed by atoms with Crippen LogP contribution in [0, 0.1) is 0 Å². The van der Waals surface area contributed by atoms with Gasteiger partial charge in [-0.15, -0.1) is 0 Å². The first-order valence-electron chi connectivity index (χ1n) is 6.92. The van der Waals surface area contributed by atoms with Gasteiger partial charge in [-0.2, -0.15) is 0 Å². The lowest BCUT2D eigenvalue weighted by molar-refractivity contribution is 0.0272. The third kappa shape index (κ3) is 7.17. The molecule has 0 unspecified atom stereocenters. The molecule has 0 fully saturated rings. The van der Waals surface area contributed by atoms with Crippen LogP contribution in [-0.2, 0) is 14.2 Å². The summed E-state index contributed by atoms with van der Waals surface area (Å²) in [6.45, 7) is 3.66. The van der Waals surface area contributed by atoms with Gasteiger partial charge in [-0.3, -0.25) is 0 Å². The number of anilines is 1. The van der Waals surface area contributed by atoms with Crippen LogP contribution in [0.3, 0.4) is 0 Å². The van der Waals surface area contributed by atoms with E-state index in [-0.39, 0.29) is 0 Å². The van der Waals surface area contributed by atoms with Crippen molar-refractivity contribution >= 4 is 5.69 Å². The van der Waals surface area contributed by atoms with E-state index in [2.05, 4.69) is 5.32 Å². The van der Waals surface area contributed by atoms with Gasteiger partial charge in [-0.1, -0.05) is 0 Å². The summed E-state index contributed by atoms with van der Waals surface area (Å²) in [5, 5.41) is 3.26. The standard InChI is InChI=1S/C15H25NO5/c1-17-8-9-21-11-10-20-7-6-16-14-5-4-13(18-2)12-15(14)19-3/h4-5,12,16H,6-11H2,1-3H3. The molecule has 6 heteroatoms. The van der Waals surface area contributed by atoms with Crippen LogP contribution >= 0.6 is 0 Å². The summed E-state index contributed by atoms with van der Waals surface area (Å²) in [5.74, 6) is 1.51. The Labute approximate surface area is 126 Å². The van der Waals surface area contributed by atoms with Crippen molar-refractivity contribution in [2.45, 2.75) is 0 Å². The molecule has 0 aliphatic heterocycles. The van der Waals surface area contributed by atoms with Crippen LogP contribution in [0.1, 0.15) is 0 Å². The lowest BCUT2D eigenvalue weighted by Gasteiger charge is -2.12. The Balaban J connectivity index is 2.15. The maximum absolute atomic E-state index is 5.46. The maximum Gasteiger partial charge on any atom is 0.145 e. The SMILES string of the molecule is COCCOCCOCCNc1ccc(OC)cc1OC. The normalized spacial score (nSPS) is 10.4. The molecular formula is C15H25NO5. The van der Waals surface area contributed by atoms with Crippen molar-refractivity contribution in [3.05, 3.63) is 18.2 Å². The van der Waals surface area contributed by atoms with E-state index in [4.69, 9.17) is 23.7 Å². The molecule has 0 heterocycles. The highest BCUT2D eigenvalue weighted by atomic mass is 16.5. The molecule has 0 spiro atoms. The van der Waals surface area contributed by atoms with Gasteiger partial charge in [0.05, 0.1) is 52.9 Å². The van der Waals surface area contributed by atoms with Gasteiger partial charge in [0.15, 0.2) is 0 Å². The molecule has 0 saturated carbocycles. The van der Waals surface area contributed by atoms with Crippen molar-refractivity contribution in [2.24, 2.45) is 0 Å². The van der Waals surface area contributed by atoms with Crippen molar-refractivity contribution < 1.29 is 23.7 Å². The molecule has 1 aromatic carbocycles. The highest BCUT2D eigenvalue weighted by Crippen LogP contribution is 2.28. The summed E-state index contributed by atoms with van der Waals surface area (Å²) in [4.78, 5) is 0. The van der Waals surface area contributed by atoms with E-state index in [0.29, 0.717) is 39.6 Å². The Morgan fingerprint density at radius 3 is 2.24 bits per heavy atom. The number of benzene rings is 1. The minimum Gasteiger partial charge on any atom is -0.497 e. The largest absolute Gasteiger partial charge is 0.497 e. The lowest BCUT2D eigenvalue weighted by Crippen LogP contribution is -2.14. The summed E-state index contributed by atoms with van der Waals surface area (Å²) < 4.78 is 26.1. The Hall–Kier alpha value is -1.50. The molecule has 6 nitrogen and oxygen atoms in total. The average molecular weight is 299 g/mol. The van der Waals surface area contributed by atoms with Gasteiger partial charge in [-0.05, 0) is 12.1 Å². The summed E-state index contributed by atoms with van der Waals surface area (Å²) in [7, 11) is 4.91. The Bertz CT molecular complexity index is 386. The quantitative estimate of drug-likeness (QED) is 0.594. The zero-order valence-electron chi connectivity index (χ0n) is 13.0. The summed E-state index contributed by atoms with van der Waals surface area (Å²) in [6, 6.07) is 5.65. The topological polar surface area (TPSA) is 58.2 Å². The molecule has 0 radical (unpaired) electrons. The third-order valence-electron chi connectivity index (χ3n) is 2.77.